The lowest BCUT2D eigenvalue weighted by Crippen LogP contribution is -2.09. The second-order valence-corrected chi connectivity index (χ2v) is 6.66. The van der Waals surface area contributed by atoms with Crippen LogP contribution in [0.15, 0.2) is 78.9 Å². The first-order valence-corrected chi connectivity index (χ1v) is 9.56. The number of aryl methyl sites for hydroxylation is 2. The summed E-state index contributed by atoms with van der Waals surface area (Å²) in [5.41, 5.74) is 11.8. The van der Waals surface area contributed by atoms with Gasteiger partial charge in [-0.15, -0.1) is 0 Å². The SMILES string of the molecule is NCCOCc1ccc(CCc2ccccc2)c(NCc2ccccc2)c1. The monoisotopic (exact) mass is 360 g/mol. The average molecular weight is 361 g/mol. The molecule has 27 heavy (non-hydrogen) atoms. The Morgan fingerprint density at radius 2 is 1.44 bits per heavy atom. The van der Waals surface area contributed by atoms with Gasteiger partial charge in [-0.2, -0.15) is 0 Å². The van der Waals surface area contributed by atoms with Crippen molar-refractivity contribution in [3.63, 3.8) is 0 Å². The second kappa shape index (κ2) is 10.5. The van der Waals surface area contributed by atoms with E-state index >= 15 is 0 Å². The molecule has 0 saturated heterocycles. The number of benzene rings is 3. The number of ether oxygens (including phenoxy) is 1. The Balaban J connectivity index is 1.71. The van der Waals surface area contributed by atoms with E-state index in [9.17, 15) is 0 Å². The molecule has 0 atom stereocenters. The quantitative estimate of drug-likeness (QED) is 0.521. The number of rotatable bonds is 10. The first-order chi connectivity index (χ1) is 13.3. The smallest absolute Gasteiger partial charge is 0.0718 e. The Bertz CT molecular complexity index is 803. The van der Waals surface area contributed by atoms with Crippen molar-refractivity contribution in [3.8, 4) is 0 Å². The third-order valence-electron chi connectivity index (χ3n) is 4.56. The molecule has 0 spiro atoms. The molecule has 0 saturated carbocycles. The first-order valence-electron chi connectivity index (χ1n) is 9.56. The van der Waals surface area contributed by atoms with Crippen LogP contribution in [-0.4, -0.2) is 13.2 Å². The van der Waals surface area contributed by atoms with Crippen LogP contribution in [0.5, 0.6) is 0 Å². The summed E-state index contributed by atoms with van der Waals surface area (Å²) in [7, 11) is 0. The molecule has 3 aromatic carbocycles. The van der Waals surface area contributed by atoms with Crippen molar-refractivity contribution in [2.45, 2.75) is 26.0 Å². The Kier molecular flexibility index (Phi) is 7.45. The molecule has 0 aliphatic heterocycles. The molecule has 3 N–H and O–H groups in total. The Labute approximate surface area is 162 Å². The zero-order valence-electron chi connectivity index (χ0n) is 15.7. The maximum absolute atomic E-state index is 5.60. The molecule has 3 aromatic rings. The molecule has 0 aromatic heterocycles. The van der Waals surface area contributed by atoms with E-state index < -0.39 is 0 Å². The van der Waals surface area contributed by atoms with Crippen LogP contribution in [0.2, 0.25) is 0 Å². The summed E-state index contributed by atoms with van der Waals surface area (Å²) in [5, 5.41) is 3.62. The summed E-state index contributed by atoms with van der Waals surface area (Å²) in [6.07, 6.45) is 2.04. The number of nitrogens with two attached hydrogens (primary N) is 1. The van der Waals surface area contributed by atoms with Gasteiger partial charge in [0.25, 0.3) is 0 Å². The summed E-state index contributed by atoms with van der Waals surface area (Å²) in [5.74, 6) is 0. The summed E-state index contributed by atoms with van der Waals surface area (Å²) in [4.78, 5) is 0. The predicted molar refractivity (Wildman–Crippen MR) is 113 cm³/mol. The maximum atomic E-state index is 5.60. The van der Waals surface area contributed by atoms with E-state index in [1.807, 2.05) is 6.07 Å². The van der Waals surface area contributed by atoms with E-state index in [2.05, 4.69) is 78.1 Å². The van der Waals surface area contributed by atoms with Gasteiger partial charge in [0.1, 0.15) is 0 Å². The van der Waals surface area contributed by atoms with Gasteiger partial charge in [-0.05, 0) is 41.2 Å². The molecule has 0 unspecified atom stereocenters. The maximum Gasteiger partial charge on any atom is 0.0718 e. The molecule has 3 nitrogen and oxygen atoms in total. The highest BCUT2D eigenvalue weighted by molar-refractivity contribution is 5.54. The fourth-order valence-corrected chi connectivity index (χ4v) is 3.09. The Hall–Kier alpha value is -2.62. The number of hydrogen-bond acceptors (Lipinski definition) is 3. The van der Waals surface area contributed by atoms with E-state index in [0.717, 1.165) is 19.4 Å². The molecule has 3 heteroatoms. The van der Waals surface area contributed by atoms with E-state index in [-0.39, 0.29) is 0 Å². The van der Waals surface area contributed by atoms with Crippen LogP contribution in [0, 0.1) is 0 Å². The molecule has 0 heterocycles. The normalized spacial score (nSPS) is 10.7. The van der Waals surface area contributed by atoms with E-state index in [4.69, 9.17) is 10.5 Å². The fraction of sp³-hybridized carbons (Fsp3) is 0.250. The van der Waals surface area contributed by atoms with Gasteiger partial charge in [-0.25, -0.2) is 0 Å². The van der Waals surface area contributed by atoms with Gasteiger partial charge in [0.2, 0.25) is 0 Å². The van der Waals surface area contributed by atoms with Crippen molar-refractivity contribution in [2.75, 3.05) is 18.5 Å². The summed E-state index contributed by atoms with van der Waals surface area (Å²) < 4.78 is 5.60. The molecule has 0 aliphatic carbocycles. The minimum absolute atomic E-state index is 0.550. The average Bonchev–Trinajstić information content (AvgIpc) is 2.73. The highest BCUT2D eigenvalue weighted by Gasteiger charge is 2.06. The molecular formula is C24H28N2O. The Morgan fingerprint density at radius 1 is 0.741 bits per heavy atom. The zero-order chi connectivity index (χ0) is 18.7. The van der Waals surface area contributed by atoms with Crippen molar-refractivity contribution in [3.05, 3.63) is 101 Å². The van der Waals surface area contributed by atoms with Gasteiger partial charge in [0, 0.05) is 18.8 Å². The summed E-state index contributed by atoms with van der Waals surface area (Å²) in [6, 6.07) is 27.7. The Morgan fingerprint density at radius 3 is 2.15 bits per heavy atom. The topological polar surface area (TPSA) is 47.3 Å². The molecule has 0 fully saturated rings. The van der Waals surface area contributed by atoms with Crippen LogP contribution >= 0.6 is 0 Å². The van der Waals surface area contributed by atoms with Crippen LogP contribution in [-0.2, 0) is 30.7 Å². The molecule has 0 radical (unpaired) electrons. The van der Waals surface area contributed by atoms with Gasteiger partial charge >= 0.3 is 0 Å². The van der Waals surface area contributed by atoms with Crippen molar-refractivity contribution in [1.82, 2.24) is 0 Å². The van der Waals surface area contributed by atoms with Crippen LogP contribution in [0.1, 0.15) is 22.3 Å². The number of nitrogens with one attached hydrogen (secondary N) is 1. The summed E-state index contributed by atoms with van der Waals surface area (Å²) >= 11 is 0. The molecule has 0 aliphatic rings. The van der Waals surface area contributed by atoms with Crippen molar-refractivity contribution in [2.24, 2.45) is 5.73 Å². The first kappa shape index (κ1) is 19.2. The zero-order valence-corrected chi connectivity index (χ0v) is 15.7. The van der Waals surface area contributed by atoms with E-state index in [1.165, 1.54) is 27.9 Å². The highest BCUT2D eigenvalue weighted by atomic mass is 16.5. The standard InChI is InChI=1S/C24H28N2O/c25-15-16-27-19-22-12-14-23(13-11-20-7-3-1-4-8-20)24(17-22)26-18-21-9-5-2-6-10-21/h1-10,12,14,17,26H,11,13,15-16,18-19,25H2. The van der Waals surface area contributed by atoms with Crippen molar-refractivity contribution in [1.29, 1.82) is 0 Å². The van der Waals surface area contributed by atoms with E-state index in [0.29, 0.717) is 19.8 Å². The van der Waals surface area contributed by atoms with Crippen LogP contribution < -0.4 is 11.1 Å². The highest BCUT2D eigenvalue weighted by Crippen LogP contribution is 2.22. The van der Waals surface area contributed by atoms with Crippen molar-refractivity contribution >= 4 is 5.69 Å². The summed E-state index contributed by atoms with van der Waals surface area (Å²) in [6.45, 7) is 2.54. The van der Waals surface area contributed by atoms with Crippen LogP contribution in [0.4, 0.5) is 5.69 Å². The predicted octanol–water partition coefficient (Wildman–Crippen LogP) is 4.56. The molecule has 3 rings (SSSR count). The van der Waals surface area contributed by atoms with Gasteiger partial charge in [0.15, 0.2) is 0 Å². The molecular weight excluding hydrogens is 332 g/mol. The largest absolute Gasteiger partial charge is 0.381 e. The van der Waals surface area contributed by atoms with Gasteiger partial charge < -0.3 is 15.8 Å². The van der Waals surface area contributed by atoms with Crippen LogP contribution in [0.3, 0.4) is 0 Å². The second-order valence-electron chi connectivity index (χ2n) is 6.66. The lowest BCUT2D eigenvalue weighted by Gasteiger charge is -2.15. The van der Waals surface area contributed by atoms with Gasteiger partial charge in [0.05, 0.1) is 13.2 Å². The molecule has 0 amide bonds. The number of hydrogen-bond donors (Lipinski definition) is 2. The van der Waals surface area contributed by atoms with Gasteiger partial charge in [-0.1, -0.05) is 72.8 Å². The molecule has 140 valence electrons. The lowest BCUT2D eigenvalue weighted by atomic mass is 10.0. The van der Waals surface area contributed by atoms with Crippen molar-refractivity contribution < 1.29 is 4.74 Å². The van der Waals surface area contributed by atoms with E-state index in [1.54, 1.807) is 0 Å². The molecule has 0 bridgehead atoms. The number of anilines is 1. The lowest BCUT2D eigenvalue weighted by molar-refractivity contribution is 0.128. The van der Waals surface area contributed by atoms with Gasteiger partial charge in [-0.3, -0.25) is 0 Å². The fourth-order valence-electron chi connectivity index (χ4n) is 3.09. The minimum atomic E-state index is 0.550. The third-order valence-corrected chi connectivity index (χ3v) is 4.56. The third kappa shape index (κ3) is 6.24. The van der Waals surface area contributed by atoms with Crippen LogP contribution in [0.25, 0.3) is 0 Å². The minimum Gasteiger partial charge on any atom is -0.381 e.